The lowest BCUT2D eigenvalue weighted by Crippen LogP contribution is -1.99. The number of ether oxygens (including phenoxy) is 1. The zero-order valence-corrected chi connectivity index (χ0v) is 9.98. The summed E-state index contributed by atoms with van der Waals surface area (Å²) in [5.41, 5.74) is 5.34. The molecule has 0 aliphatic heterocycles. The Balaban J connectivity index is 1.94. The Kier molecular flexibility index (Phi) is 3.53. The van der Waals surface area contributed by atoms with Gasteiger partial charge >= 0.3 is 0 Å². The molecule has 0 saturated heterocycles. The van der Waals surface area contributed by atoms with Crippen molar-refractivity contribution in [3.05, 3.63) is 40.5 Å². The van der Waals surface area contributed by atoms with Crippen molar-refractivity contribution in [2.45, 2.75) is 13.2 Å². The van der Waals surface area contributed by atoms with E-state index in [0.29, 0.717) is 11.7 Å². The minimum Gasteiger partial charge on any atom is -0.485 e. The van der Waals surface area contributed by atoms with Crippen molar-refractivity contribution < 1.29 is 9.26 Å². The van der Waals surface area contributed by atoms with Gasteiger partial charge in [-0.05, 0) is 24.3 Å². The van der Waals surface area contributed by atoms with Gasteiger partial charge in [-0.1, -0.05) is 21.1 Å². The van der Waals surface area contributed by atoms with Crippen LogP contribution in [-0.2, 0) is 13.2 Å². The maximum Gasteiger partial charge on any atom is 0.240 e. The molecule has 0 aliphatic rings. The number of hydrogen-bond donors (Lipinski definition) is 1. The largest absolute Gasteiger partial charge is 0.485 e. The molecule has 1 heterocycles. The van der Waals surface area contributed by atoms with E-state index in [0.717, 1.165) is 10.2 Å². The Morgan fingerprint density at radius 1 is 1.31 bits per heavy atom. The van der Waals surface area contributed by atoms with E-state index >= 15 is 0 Å². The average Bonchev–Trinajstić information content (AvgIpc) is 2.76. The minimum atomic E-state index is 0.241. The monoisotopic (exact) mass is 283 g/mol. The summed E-state index contributed by atoms with van der Waals surface area (Å²) in [6, 6.07) is 7.51. The van der Waals surface area contributed by atoms with E-state index in [1.807, 2.05) is 24.3 Å². The molecular formula is C10H10BrN3O2. The second-order valence-electron chi connectivity index (χ2n) is 3.05. The van der Waals surface area contributed by atoms with Crippen LogP contribution in [0.1, 0.15) is 11.7 Å². The smallest absolute Gasteiger partial charge is 0.240 e. The van der Waals surface area contributed by atoms with Crippen LogP contribution in [0.2, 0.25) is 0 Å². The molecule has 0 spiro atoms. The maximum absolute atomic E-state index is 5.46. The van der Waals surface area contributed by atoms with Crippen LogP contribution in [0.3, 0.4) is 0 Å². The molecule has 0 bridgehead atoms. The van der Waals surface area contributed by atoms with Crippen LogP contribution in [0.4, 0.5) is 0 Å². The van der Waals surface area contributed by atoms with Gasteiger partial charge in [0.1, 0.15) is 5.75 Å². The topological polar surface area (TPSA) is 74.2 Å². The standard InChI is InChI=1S/C10H10BrN3O2/c11-7-1-3-8(4-2-7)15-6-9-13-10(5-12)16-14-9/h1-4H,5-6,12H2. The zero-order valence-electron chi connectivity index (χ0n) is 8.39. The molecule has 0 unspecified atom stereocenters. The summed E-state index contributed by atoms with van der Waals surface area (Å²) in [5.74, 6) is 1.65. The van der Waals surface area contributed by atoms with Crippen molar-refractivity contribution in [2.24, 2.45) is 5.73 Å². The van der Waals surface area contributed by atoms with Crippen molar-refractivity contribution in [3.63, 3.8) is 0 Å². The summed E-state index contributed by atoms with van der Waals surface area (Å²) in [5, 5.41) is 3.72. The third-order valence-corrected chi connectivity index (χ3v) is 2.40. The predicted octanol–water partition coefficient (Wildman–Crippen LogP) is 1.87. The van der Waals surface area contributed by atoms with Gasteiger partial charge in [-0.2, -0.15) is 4.98 Å². The fourth-order valence-electron chi connectivity index (χ4n) is 1.11. The van der Waals surface area contributed by atoms with Gasteiger partial charge in [0.25, 0.3) is 0 Å². The molecule has 0 aliphatic carbocycles. The van der Waals surface area contributed by atoms with Gasteiger partial charge < -0.3 is 15.0 Å². The summed E-state index contributed by atoms with van der Waals surface area (Å²) in [6.07, 6.45) is 0. The Morgan fingerprint density at radius 2 is 2.06 bits per heavy atom. The van der Waals surface area contributed by atoms with E-state index in [-0.39, 0.29) is 13.2 Å². The Morgan fingerprint density at radius 3 is 2.69 bits per heavy atom. The van der Waals surface area contributed by atoms with Crippen LogP contribution in [0, 0.1) is 0 Å². The molecular weight excluding hydrogens is 274 g/mol. The van der Waals surface area contributed by atoms with Gasteiger partial charge in [0.05, 0.1) is 6.54 Å². The molecule has 2 aromatic rings. The fourth-order valence-corrected chi connectivity index (χ4v) is 1.37. The lowest BCUT2D eigenvalue weighted by atomic mass is 10.3. The van der Waals surface area contributed by atoms with Crippen molar-refractivity contribution in [2.75, 3.05) is 0 Å². The zero-order chi connectivity index (χ0) is 11.4. The van der Waals surface area contributed by atoms with Crippen LogP contribution >= 0.6 is 15.9 Å². The second kappa shape index (κ2) is 5.09. The molecule has 0 radical (unpaired) electrons. The lowest BCUT2D eigenvalue weighted by Gasteiger charge is -2.02. The first-order chi connectivity index (χ1) is 7.78. The second-order valence-corrected chi connectivity index (χ2v) is 3.97. The van der Waals surface area contributed by atoms with Crippen molar-refractivity contribution >= 4 is 15.9 Å². The molecule has 0 fully saturated rings. The summed E-state index contributed by atoms with van der Waals surface area (Å²) in [7, 11) is 0. The van der Waals surface area contributed by atoms with Crippen molar-refractivity contribution in [1.82, 2.24) is 10.1 Å². The predicted molar refractivity (Wildman–Crippen MR) is 60.7 cm³/mol. The Bertz CT molecular complexity index is 455. The third-order valence-electron chi connectivity index (χ3n) is 1.87. The average molecular weight is 284 g/mol. The molecule has 5 nitrogen and oxygen atoms in total. The number of benzene rings is 1. The quantitative estimate of drug-likeness (QED) is 0.927. The number of nitrogens with zero attached hydrogens (tertiary/aromatic N) is 2. The number of aromatic nitrogens is 2. The molecule has 6 heteroatoms. The maximum atomic E-state index is 5.46. The summed E-state index contributed by atoms with van der Waals surface area (Å²) >= 11 is 3.34. The molecule has 2 rings (SSSR count). The molecule has 0 amide bonds. The van der Waals surface area contributed by atoms with Crippen LogP contribution in [0.25, 0.3) is 0 Å². The van der Waals surface area contributed by atoms with Crippen LogP contribution in [-0.4, -0.2) is 10.1 Å². The molecule has 1 aromatic carbocycles. The first-order valence-corrected chi connectivity index (χ1v) is 5.47. The third kappa shape index (κ3) is 2.80. The number of halogens is 1. The summed E-state index contributed by atoms with van der Waals surface area (Å²) < 4.78 is 11.3. The Labute approximate surface area is 101 Å². The van der Waals surface area contributed by atoms with Gasteiger partial charge in [-0.15, -0.1) is 0 Å². The highest BCUT2D eigenvalue weighted by Gasteiger charge is 2.04. The molecule has 16 heavy (non-hydrogen) atoms. The fraction of sp³-hybridized carbons (Fsp3) is 0.200. The Hall–Kier alpha value is -1.40. The molecule has 84 valence electrons. The highest BCUT2D eigenvalue weighted by molar-refractivity contribution is 9.10. The highest BCUT2D eigenvalue weighted by Crippen LogP contribution is 2.16. The normalized spacial score (nSPS) is 10.4. The number of nitrogens with two attached hydrogens (primary N) is 1. The van der Waals surface area contributed by atoms with Gasteiger partial charge in [-0.25, -0.2) is 0 Å². The van der Waals surface area contributed by atoms with Crippen LogP contribution in [0.5, 0.6) is 5.75 Å². The highest BCUT2D eigenvalue weighted by atomic mass is 79.9. The van der Waals surface area contributed by atoms with E-state index in [1.165, 1.54) is 0 Å². The minimum absolute atomic E-state index is 0.241. The van der Waals surface area contributed by atoms with Crippen LogP contribution in [0.15, 0.2) is 33.3 Å². The van der Waals surface area contributed by atoms with E-state index in [1.54, 1.807) is 0 Å². The molecule has 0 atom stereocenters. The van der Waals surface area contributed by atoms with Crippen LogP contribution < -0.4 is 10.5 Å². The van der Waals surface area contributed by atoms with E-state index in [9.17, 15) is 0 Å². The van der Waals surface area contributed by atoms with Gasteiger partial charge in [0.2, 0.25) is 11.7 Å². The van der Waals surface area contributed by atoms with Gasteiger partial charge in [0, 0.05) is 4.47 Å². The SMILES string of the molecule is NCc1nc(COc2ccc(Br)cc2)no1. The van der Waals surface area contributed by atoms with Crippen molar-refractivity contribution in [1.29, 1.82) is 0 Å². The number of hydrogen-bond acceptors (Lipinski definition) is 5. The summed E-state index contributed by atoms with van der Waals surface area (Å²) in [6.45, 7) is 0.510. The number of rotatable bonds is 4. The van der Waals surface area contributed by atoms with E-state index < -0.39 is 0 Å². The van der Waals surface area contributed by atoms with E-state index in [4.69, 9.17) is 15.0 Å². The first kappa shape index (κ1) is 11.1. The molecule has 0 saturated carbocycles. The first-order valence-electron chi connectivity index (χ1n) is 4.68. The van der Waals surface area contributed by atoms with E-state index in [2.05, 4.69) is 26.1 Å². The summed E-state index contributed by atoms with van der Waals surface area (Å²) in [4.78, 5) is 4.02. The van der Waals surface area contributed by atoms with Gasteiger partial charge in [-0.3, -0.25) is 0 Å². The molecule has 2 N–H and O–H groups in total. The van der Waals surface area contributed by atoms with Gasteiger partial charge in [0.15, 0.2) is 6.61 Å². The van der Waals surface area contributed by atoms with Crippen molar-refractivity contribution in [3.8, 4) is 5.75 Å². The molecule has 1 aromatic heterocycles. The lowest BCUT2D eigenvalue weighted by molar-refractivity contribution is 0.285.